The van der Waals surface area contributed by atoms with Gasteiger partial charge in [-0.1, -0.05) is 27.2 Å². The largest absolute Gasteiger partial charge is 0.161 e. The summed E-state index contributed by atoms with van der Waals surface area (Å²) in [6, 6.07) is 0. The summed E-state index contributed by atoms with van der Waals surface area (Å²) in [6.45, 7) is 6.84. The molecule has 0 nitrogen and oxygen atoms in total. The number of hydrogen-bond donors (Lipinski definition) is 0. The van der Waals surface area contributed by atoms with Gasteiger partial charge in [-0.25, -0.2) is 0 Å². The van der Waals surface area contributed by atoms with Crippen LogP contribution in [0.5, 0.6) is 0 Å². The summed E-state index contributed by atoms with van der Waals surface area (Å²) < 4.78 is 0. The van der Waals surface area contributed by atoms with Crippen molar-refractivity contribution in [1.29, 1.82) is 0 Å². The van der Waals surface area contributed by atoms with E-state index in [0.717, 1.165) is 5.25 Å². The van der Waals surface area contributed by atoms with Crippen LogP contribution in [-0.2, 0) is 0 Å². The van der Waals surface area contributed by atoms with Crippen LogP contribution < -0.4 is 0 Å². The van der Waals surface area contributed by atoms with E-state index >= 15 is 0 Å². The number of unbranched alkanes of at least 4 members (excludes halogenated alkanes) is 1. The topological polar surface area (TPSA) is 0 Å². The molecule has 2 heteroatoms. The van der Waals surface area contributed by atoms with E-state index in [1.807, 2.05) is 0 Å². The summed E-state index contributed by atoms with van der Waals surface area (Å²) in [5, 5.41) is 0.858. The summed E-state index contributed by atoms with van der Waals surface area (Å²) >= 11 is 4.22. The lowest BCUT2D eigenvalue weighted by molar-refractivity contribution is 0.896. The molecule has 0 aromatic rings. The number of hydrogen-bond acceptors (Lipinski definition) is 2. The second-order valence-corrected chi connectivity index (χ2v) is 5.83. The van der Waals surface area contributed by atoms with Crippen LogP contribution in [0, 0.1) is 0 Å². The first-order chi connectivity index (χ1) is 5.81. The molecule has 0 rings (SSSR count). The maximum atomic E-state index is 2.32. The molecule has 0 saturated heterocycles. The third kappa shape index (κ3) is 8.79. The van der Waals surface area contributed by atoms with E-state index in [2.05, 4.69) is 44.3 Å². The van der Waals surface area contributed by atoms with Crippen molar-refractivity contribution in [3.63, 3.8) is 0 Å². The van der Waals surface area contributed by atoms with Crippen LogP contribution >= 0.6 is 23.5 Å². The fourth-order valence-corrected chi connectivity index (χ4v) is 2.97. The zero-order chi connectivity index (χ0) is 9.23. The third-order valence-electron chi connectivity index (χ3n) is 1.85. The molecule has 0 fully saturated rings. The number of rotatable bonds is 8. The quantitative estimate of drug-likeness (QED) is 0.550. The first-order valence-electron chi connectivity index (χ1n) is 5.00. The summed E-state index contributed by atoms with van der Waals surface area (Å²) in [5.74, 6) is 4.04. The Morgan fingerprint density at radius 2 is 1.83 bits per heavy atom. The van der Waals surface area contributed by atoms with Crippen molar-refractivity contribution in [1.82, 2.24) is 0 Å². The smallest absolute Gasteiger partial charge is 0.00262 e. The SMILES string of the molecule is CCCCSCCSC(C)CC. The molecule has 0 heterocycles. The molecule has 0 N–H and O–H groups in total. The predicted octanol–water partition coefficient (Wildman–Crippen LogP) is 4.05. The van der Waals surface area contributed by atoms with Crippen LogP contribution in [0.1, 0.15) is 40.0 Å². The molecule has 74 valence electrons. The molecule has 0 radical (unpaired) electrons. The van der Waals surface area contributed by atoms with Gasteiger partial charge < -0.3 is 0 Å². The van der Waals surface area contributed by atoms with Gasteiger partial charge in [-0.3, -0.25) is 0 Å². The van der Waals surface area contributed by atoms with Crippen LogP contribution in [0.4, 0.5) is 0 Å². The highest BCUT2D eigenvalue weighted by atomic mass is 32.2. The van der Waals surface area contributed by atoms with Crippen LogP contribution in [0.25, 0.3) is 0 Å². The van der Waals surface area contributed by atoms with Crippen molar-refractivity contribution in [3.8, 4) is 0 Å². The van der Waals surface area contributed by atoms with Gasteiger partial charge in [0.15, 0.2) is 0 Å². The van der Waals surface area contributed by atoms with E-state index in [4.69, 9.17) is 0 Å². The Morgan fingerprint density at radius 3 is 2.42 bits per heavy atom. The van der Waals surface area contributed by atoms with Crippen LogP contribution in [0.2, 0.25) is 0 Å². The molecular weight excluding hydrogens is 184 g/mol. The zero-order valence-corrected chi connectivity index (χ0v) is 10.3. The van der Waals surface area contributed by atoms with Crippen LogP contribution in [-0.4, -0.2) is 22.5 Å². The fourth-order valence-electron chi connectivity index (χ4n) is 0.775. The molecule has 0 spiro atoms. The second-order valence-electron chi connectivity index (χ2n) is 3.06. The van der Waals surface area contributed by atoms with E-state index in [0.29, 0.717) is 0 Å². The molecular formula is C10H22S2. The average Bonchev–Trinajstić information content (AvgIpc) is 2.10. The van der Waals surface area contributed by atoms with Crippen LogP contribution in [0.3, 0.4) is 0 Å². The lowest BCUT2D eigenvalue weighted by Gasteiger charge is -2.06. The average molecular weight is 206 g/mol. The van der Waals surface area contributed by atoms with Gasteiger partial charge in [0, 0.05) is 16.8 Å². The Labute approximate surface area is 86.3 Å². The summed E-state index contributed by atoms with van der Waals surface area (Å²) in [5.41, 5.74) is 0. The Bertz CT molecular complexity index is 83.9. The molecule has 12 heavy (non-hydrogen) atoms. The van der Waals surface area contributed by atoms with Crippen molar-refractivity contribution in [2.24, 2.45) is 0 Å². The molecule has 0 aliphatic rings. The standard InChI is InChI=1S/C10H22S2/c1-4-6-7-11-8-9-12-10(3)5-2/h10H,4-9H2,1-3H3. The van der Waals surface area contributed by atoms with Crippen molar-refractivity contribution in [2.75, 3.05) is 17.3 Å². The Balaban J connectivity index is 2.90. The van der Waals surface area contributed by atoms with Gasteiger partial charge in [0.05, 0.1) is 0 Å². The van der Waals surface area contributed by atoms with E-state index in [1.165, 1.54) is 36.5 Å². The highest BCUT2D eigenvalue weighted by Crippen LogP contribution is 2.15. The maximum Gasteiger partial charge on any atom is 0.00262 e. The number of thioether (sulfide) groups is 2. The molecule has 1 unspecified atom stereocenters. The summed E-state index contributed by atoms with van der Waals surface area (Å²) in [7, 11) is 0. The van der Waals surface area contributed by atoms with Gasteiger partial charge in [0.1, 0.15) is 0 Å². The molecule has 0 amide bonds. The monoisotopic (exact) mass is 206 g/mol. The first-order valence-corrected chi connectivity index (χ1v) is 7.20. The van der Waals surface area contributed by atoms with E-state index in [1.54, 1.807) is 0 Å². The summed E-state index contributed by atoms with van der Waals surface area (Å²) in [4.78, 5) is 0. The predicted molar refractivity (Wildman–Crippen MR) is 64.4 cm³/mol. The molecule has 0 bridgehead atoms. The Morgan fingerprint density at radius 1 is 1.08 bits per heavy atom. The van der Waals surface area contributed by atoms with Gasteiger partial charge in [0.25, 0.3) is 0 Å². The highest BCUT2D eigenvalue weighted by molar-refractivity contribution is 8.03. The third-order valence-corrected chi connectivity index (χ3v) is 4.52. The van der Waals surface area contributed by atoms with Gasteiger partial charge in [-0.15, -0.1) is 0 Å². The minimum absolute atomic E-state index is 0.858. The van der Waals surface area contributed by atoms with E-state index in [9.17, 15) is 0 Å². The minimum atomic E-state index is 0.858. The summed E-state index contributed by atoms with van der Waals surface area (Å²) in [6.07, 6.45) is 4.04. The lowest BCUT2D eigenvalue weighted by atomic mass is 10.4. The zero-order valence-electron chi connectivity index (χ0n) is 8.64. The molecule has 0 aromatic heterocycles. The molecule has 0 saturated carbocycles. The van der Waals surface area contributed by atoms with Crippen LogP contribution in [0.15, 0.2) is 0 Å². The highest BCUT2D eigenvalue weighted by Gasteiger charge is 1.97. The van der Waals surface area contributed by atoms with Gasteiger partial charge in [0.2, 0.25) is 0 Å². The maximum absolute atomic E-state index is 2.32. The molecule has 1 atom stereocenters. The van der Waals surface area contributed by atoms with E-state index in [-0.39, 0.29) is 0 Å². The van der Waals surface area contributed by atoms with Crippen molar-refractivity contribution in [3.05, 3.63) is 0 Å². The fraction of sp³-hybridized carbons (Fsp3) is 1.00. The normalized spacial score (nSPS) is 13.2. The molecule has 0 aromatic carbocycles. The molecule has 0 aliphatic heterocycles. The van der Waals surface area contributed by atoms with Crippen molar-refractivity contribution < 1.29 is 0 Å². The lowest BCUT2D eigenvalue weighted by Crippen LogP contribution is -1.96. The first kappa shape index (κ1) is 12.7. The minimum Gasteiger partial charge on any atom is -0.161 e. The van der Waals surface area contributed by atoms with Gasteiger partial charge in [-0.05, 0) is 18.6 Å². The van der Waals surface area contributed by atoms with E-state index < -0.39 is 0 Å². The van der Waals surface area contributed by atoms with Crippen molar-refractivity contribution >= 4 is 23.5 Å². The van der Waals surface area contributed by atoms with Gasteiger partial charge >= 0.3 is 0 Å². The van der Waals surface area contributed by atoms with Crippen molar-refractivity contribution in [2.45, 2.75) is 45.3 Å². The van der Waals surface area contributed by atoms with Gasteiger partial charge in [-0.2, -0.15) is 23.5 Å². The Hall–Kier alpha value is 0.700. The Kier molecular flexibility index (Phi) is 10.4. The molecule has 0 aliphatic carbocycles. The second kappa shape index (κ2) is 9.79.